The molecule has 0 spiro atoms. The van der Waals surface area contributed by atoms with Gasteiger partial charge in [-0.05, 0) is 0 Å². The van der Waals surface area contributed by atoms with Gasteiger partial charge in [0, 0.05) is 0 Å². The van der Waals surface area contributed by atoms with Gasteiger partial charge in [0.1, 0.15) is 0 Å². The molecule has 0 aliphatic carbocycles. The summed E-state index contributed by atoms with van der Waals surface area (Å²) >= 11 is -0.600. The third kappa shape index (κ3) is 2.68. The Balaban J connectivity index is 2.89. The zero-order valence-corrected chi connectivity index (χ0v) is 13.4. The first kappa shape index (κ1) is 14.6. The van der Waals surface area contributed by atoms with E-state index in [2.05, 4.69) is 0 Å². The summed E-state index contributed by atoms with van der Waals surface area (Å²) in [6.07, 6.45) is 0. The maximum atomic E-state index is 12.5. The van der Waals surface area contributed by atoms with Crippen LogP contribution in [0.2, 0.25) is 0 Å². The summed E-state index contributed by atoms with van der Waals surface area (Å²) in [5, 5.41) is -0.995. The Bertz CT molecular complexity index is 324. The molecule has 0 aromatic carbocycles. The molecule has 16 heavy (non-hydrogen) atoms. The number of carbonyl (C=O) groups is 1. The second-order valence-corrected chi connectivity index (χ2v) is 9.92. The van der Waals surface area contributed by atoms with Crippen molar-refractivity contribution in [3.8, 4) is 0 Å². The van der Waals surface area contributed by atoms with E-state index in [4.69, 9.17) is 9.05 Å². The van der Waals surface area contributed by atoms with Crippen molar-refractivity contribution >= 4 is 11.4 Å². The van der Waals surface area contributed by atoms with Crippen LogP contribution in [-0.4, -0.2) is 27.1 Å². The molecule has 0 atom stereocenters. The van der Waals surface area contributed by atoms with E-state index >= 15 is 0 Å². The van der Waals surface area contributed by atoms with Crippen molar-refractivity contribution in [2.75, 3.05) is 18.1 Å². The number of hydrogen-bond acceptors (Lipinski definition) is 4. The van der Waals surface area contributed by atoms with E-state index in [9.17, 15) is 9.36 Å². The zero-order valence-electron chi connectivity index (χ0n) is 10.4. The molecule has 0 aromatic heterocycles. The average molecular weight is 361 g/mol. The second-order valence-electron chi connectivity index (χ2n) is 5.23. The molecular formula is C10H19IO4P-. The average Bonchev–Trinajstić information content (AvgIpc) is 2.21. The Hall–Kier alpha value is 0.550. The molecule has 6 heteroatoms. The first-order valence-corrected chi connectivity index (χ1v) is 9.86. The van der Waals surface area contributed by atoms with Crippen LogP contribution in [-0.2, 0) is 18.4 Å². The summed E-state index contributed by atoms with van der Waals surface area (Å²) in [6, 6.07) is 0. The summed E-state index contributed by atoms with van der Waals surface area (Å²) in [5.74, 6) is 0. The van der Waals surface area contributed by atoms with Gasteiger partial charge >= 0.3 is 107 Å². The molecule has 0 unspecified atom stereocenters. The topological polar surface area (TPSA) is 52.6 Å². The molecule has 96 valence electrons. The fraction of sp³-hybridized carbons (Fsp3) is 0.900. The molecule has 0 amide bonds. The van der Waals surface area contributed by atoms with Crippen LogP contribution in [0.1, 0.15) is 27.7 Å². The third-order valence-electron chi connectivity index (χ3n) is 2.59. The Kier molecular flexibility index (Phi) is 4.26. The van der Waals surface area contributed by atoms with Gasteiger partial charge < -0.3 is 0 Å². The number of halogens is 1. The monoisotopic (exact) mass is 361 g/mol. The SMILES string of the molecule is C[I-]C(=O)C(C)(C)P1(=O)OCC(C)(C)CO1. The quantitative estimate of drug-likeness (QED) is 0.288. The van der Waals surface area contributed by atoms with Crippen molar-refractivity contribution in [1.82, 2.24) is 0 Å². The summed E-state index contributed by atoms with van der Waals surface area (Å²) in [6.45, 7) is 8.05. The van der Waals surface area contributed by atoms with Gasteiger partial charge in [0.25, 0.3) is 0 Å². The van der Waals surface area contributed by atoms with Crippen molar-refractivity contribution in [2.24, 2.45) is 5.41 Å². The van der Waals surface area contributed by atoms with Gasteiger partial charge in [-0.3, -0.25) is 0 Å². The first-order valence-electron chi connectivity index (χ1n) is 5.08. The Morgan fingerprint density at radius 2 is 1.75 bits per heavy atom. The van der Waals surface area contributed by atoms with Crippen LogP contribution in [0.5, 0.6) is 0 Å². The summed E-state index contributed by atoms with van der Waals surface area (Å²) in [5.41, 5.74) is -0.131. The number of rotatable bonds is 3. The van der Waals surface area contributed by atoms with Gasteiger partial charge in [0.2, 0.25) is 0 Å². The van der Waals surface area contributed by atoms with Gasteiger partial charge in [-0.2, -0.15) is 0 Å². The standard InChI is InChI=1S/C10H19IO4P/c1-9(2)6-14-16(13,15-7-9)10(3,4)8(12)11-5/h6-7H2,1-5H3/q-1. The molecular weight excluding hydrogens is 342 g/mol. The summed E-state index contributed by atoms with van der Waals surface area (Å²) in [7, 11) is -3.29. The fourth-order valence-corrected chi connectivity index (χ4v) is 6.01. The van der Waals surface area contributed by atoms with Crippen LogP contribution in [0.3, 0.4) is 0 Å². The van der Waals surface area contributed by atoms with E-state index in [-0.39, 0.29) is 9.20 Å². The van der Waals surface area contributed by atoms with Gasteiger partial charge in [-0.15, -0.1) is 0 Å². The minimum absolute atomic E-state index is 0.0225. The molecule has 1 aliphatic rings. The molecule has 0 saturated carbocycles. The fourth-order valence-electron chi connectivity index (χ4n) is 1.26. The Labute approximate surface area is 107 Å². The molecule has 1 heterocycles. The van der Waals surface area contributed by atoms with Crippen molar-refractivity contribution in [3.63, 3.8) is 0 Å². The van der Waals surface area contributed by atoms with E-state index in [1.807, 2.05) is 18.8 Å². The minimum atomic E-state index is -3.29. The molecule has 1 saturated heterocycles. The van der Waals surface area contributed by atoms with Crippen molar-refractivity contribution in [3.05, 3.63) is 0 Å². The van der Waals surface area contributed by atoms with Crippen LogP contribution in [0.15, 0.2) is 0 Å². The van der Waals surface area contributed by atoms with Gasteiger partial charge in [-0.1, -0.05) is 0 Å². The van der Waals surface area contributed by atoms with Gasteiger partial charge in [0.05, 0.1) is 0 Å². The van der Waals surface area contributed by atoms with E-state index in [1.54, 1.807) is 13.8 Å². The molecule has 4 nitrogen and oxygen atoms in total. The predicted octanol–water partition coefficient (Wildman–Crippen LogP) is -0.723. The zero-order chi connectivity index (χ0) is 12.6. The number of carbonyl (C=O) groups excluding carboxylic acids is 1. The molecule has 1 aliphatic heterocycles. The van der Waals surface area contributed by atoms with E-state index in [0.717, 1.165) is 0 Å². The molecule has 0 radical (unpaired) electrons. The third-order valence-corrected chi connectivity index (χ3v) is 7.85. The molecule has 0 bridgehead atoms. The van der Waals surface area contributed by atoms with Crippen molar-refractivity contribution in [1.29, 1.82) is 0 Å². The molecule has 0 N–H and O–H groups in total. The first-order chi connectivity index (χ1) is 7.15. The summed E-state index contributed by atoms with van der Waals surface area (Å²) < 4.78 is 23.3. The molecule has 1 rings (SSSR count). The molecule has 1 fully saturated rings. The van der Waals surface area contributed by atoms with Crippen LogP contribution < -0.4 is 21.2 Å². The van der Waals surface area contributed by atoms with E-state index < -0.39 is 34.0 Å². The Morgan fingerprint density at radius 3 is 2.12 bits per heavy atom. The second kappa shape index (κ2) is 4.67. The van der Waals surface area contributed by atoms with Gasteiger partial charge in [0.15, 0.2) is 0 Å². The van der Waals surface area contributed by atoms with Crippen LogP contribution in [0.25, 0.3) is 0 Å². The number of hydrogen-bond donors (Lipinski definition) is 0. The van der Waals surface area contributed by atoms with Crippen molar-refractivity contribution in [2.45, 2.75) is 32.9 Å². The number of alkyl halides is 1. The Morgan fingerprint density at radius 1 is 1.31 bits per heavy atom. The molecule has 0 aromatic rings. The normalized spacial score (nSPS) is 24.3. The summed E-state index contributed by atoms with van der Waals surface area (Å²) in [4.78, 5) is 13.7. The predicted molar refractivity (Wildman–Crippen MR) is 58.3 cm³/mol. The van der Waals surface area contributed by atoms with Crippen LogP contribution >= 0.6 is 7.60 Å². The van der Waals surface area contributed by atoms with Crippen molar-refractivity contribution < 1.29 is 39.6 Å². The van der Waals surface area contributed by atoms with Crippen LogP contribution in [0, 0.1) is 5.41 Å². The maximum absolute atomic E-state index is 12.5. The van der Waals surface area contributed by atoms with E-state index in [1.165, 1.54) is 0 Å². The van der Waals surface area contributed by atoms with E-state index in [0.29, 0.717) is 13.2 Å². The van der Waals surface area contributed by atoms with Gasteiger partial charge in [-0.25, -0.2) is 0 Å². The van der Waals surface area contributed by atoms with Crippen LogP contribution in [0.4, 0.5) is 0 Å².